The highest BCUT2D eigenvalue weighted by Crippen LogP contribution is 2.22. The molecule has 0 spiro atoms. The van der Waals surface area contributed by atoms with Crippen LogP contribution in [0.4, 0.5) is 0 Å². The molecule has 0 radical (unpaired) electrons. The van der Waals surface area contributed by atoms with Crippen LogP contribution in [0.2, 0.25) is 5.02 Å². The summed E-state index contributed by atoms with van der Waals surface area (Å²) in [5, 5.41) is 7.70. The Morgan fingerprint density at radius 1 is 1.38 bits per heavy atom. The lowest BCUT2D eigenvalue weighted by Crippen LogP contribution is -1.80. The molecule has 0 aliphatic carbocycles. The summed E-state index contributed by atoms with van der Waals surface area (Å²) in [5.41, 5.74) is 3.14. The summed E-state index contributed by atoms with van der Waals surface area (Å²) in [7, 11) is 0. The number of hydrogen-bond acceptors (Lipinski definition) is 1. The Labute approximate surface area is 81.6 Å². The van der Waals surface area contributed by atoms with Gasteiger partial charge >= 0.3 is 0 Å². The van der Waals surface area contributed by atoms with Crippen LogP contribution in [0.25, 0.3) is 11.3 Å². The first-order valence-corrected chi connectivity index (χ1v) is 4.41. The summed E-state index contributed by atoms with van der Waals surface area (Å²) in [5.74, 6) is 0. The van der Waals surface area contributed by atoms with Crippen LogP contribution in [-0.2, 0) is 0 Å². The maximum atomic E-state index is 5.88. The number of aromatic amines is 1. The van der Waals surface area contributed by atoms with Crippen molar-refractivity contribution in [3.05, 3.63) is 41.0 Å². The van der Waals surface area contributed by atoms with Crippen molar-refractivity contribution in [2.24, 2.45) is 0 Å². The predicted molar refractivity (Wildman–Crippen MR) is 53.8 cm³/mol. The van der Waals surface area contributed by atoms with E-state index in [4.69, 9.17) is 11.6 Å². The van der Waals surface area contributed by atoms with Gasteiger partial charge in [-0.2, -0.15) is 5.10 Å². The number of nitrogens with zero attached hydrogens (tertiary/aromatic N) is 1. The molecule has 0 saturated carbocycles. The first-order valence-electron chi connectivity index (χ1n) is 4.03. The molecule has 2 aromatic rings. The van der Waals surface area contributed by atoms with Crippen LogP contribution in [0.5, 0.6) is 0 Å². The van der Waals surface area contributed by atoms with Crippen molar-refractivity contribution in [2.75, 3.05) is 0 Å². The Morgan fingerprint density at radius 3 is 2.85 bits per heavy atom. The summed E-state index contributed by atoms with van der Waals surface area (Å²) in [6.45, 7) is 2.01. The van der Waals surface area contributed by atoms with Crippen LogP contribution in [0.1, 0.15) is 5.56 Å². The maximum Gasteiger partial charge on any atom is 0.0950 e. The van der Waals surface area contributed by atoms with E-state index < -0.39 is 0 Å². The molecule has 3 heteroatoms. The van der Waals surface area contributed by atoms with Crippen molar-refractivity contribution >= 4 is 11.6 Å². The minimum atomic E-state index is 0.736. The van der Waals surface area contributed by atoms with Crippen LogP contribution in [-0.4, -0.2) is 10.2 Å². The molecule has 0 bridgehead atoms. The molecule has 0 aliphatic rings. The number of hydrogen-bond donors (Lipinski definition) is 1. The second-order valence-electron chi connectivity index (χ2n) is 2.93. The lowest BCUT2D eigenvalue weighted by Gasteiger charge is -1.98. The third kappa shape index (κ3) is 1.58. The summed E-state index contributed by atoms with van der Waals surface area (Å²) in [4.78, 5) is 0. The minimum Gasteiger partial charge on any atom is -0.285 e. The fraction of sp³-hybridized carbons (Fsp3) is 0.100. The van der Waals surface area contributed by atoms with Crippen molar-refractivity contribution in [3.8, 4) is 11.3 Å². The number of benzene rings is 1. The monoisotopic (exact) mass is 192 g/mol. The highest BCUT2D eigenvalue weighted by Gasteiger charge is 2.03. The largest absolute Gasteiger partial charge is 0.285 e. The topological polar surface area (TPSA) is 28.7 Å². The number of aryl methyl sites for hydroxylation is 1. The van der Waals surface area contributed by atoms with Gasteiger partial charge in [-0.3, -0.25) is 5.10 Å². The van der Waals surface area contributed by atoms with Crippen LogP contribution < -0.4 is 0 Å². The zero-order valence-electron chi connectivity index (χ0n) is 7.21. The van der Waals surface area contributed by atoms with Gasteiger partial charge in [-0.05, 0) is 24.6 Å². The van der Waals surface area contributed by atoms with Gasteiger partial charge in [-0.25, -0.2) is 0 Å². The summed E-state index contributed by atoms with van der Waals surface area (Å²) in [6.07, 6.45) is 1.87. The average molecular weight is 193 g/mol. The third-order valence-corrected chi connectivity index (χ3v) is 2.16. The highest BCUT2D eigenvalue weighted by atomic mass is 35.5. The Balaban J connectivity index is 2.53. The normalized spacial score (nSPS) is 10.3. The first-order chi connectivity index (χ1) is 6.27. The fourth-order valence-electron chi connectivity index (χ4n) is 1.28. The summed E-state index contributed by atoms with van der Waals surface area (Å²) >= 11 is 5.88. The van der Waals surface area contributed by atoms with Crippen LogP contribution >= 0.6 is 11.6 Å². The fourth-order valence-corrected chi connectivity index (χ4v) is 1.47. The Hall–Kier alpha value is -1.28. The van der Waals surface area contributed by atoms with Gasteiger partial charge in [0.25, 0.3) is 0 Å². The molecule has 1 N–H and O–H groups in total. The van der Waals surface area contributed by atoms with Gasteiger partial charge in [0.15, 0.2) is 0 Å². The van der Waals surface area contributed by atoms with Crippen LogP contribution in [0.3, 0.4) is 0 Å². The molecule has 1 aromatic heterocycles. The second kappa shape index (κ2) is 3.23. The maximum absolute atomic E-state index is 5.88. The zero-order chi connectivity index (χ0) is 9.26. The molecule has 13 heavy (non-hydrogen) atoms. The smallest absolute Gasteiger partial charge is 0.0950 e. The molecule has 66 valence electrons. The minimum absolute atomic E-state index is 0.736. The molecule has 2 nitrogen and oxygen atoms in total. The van der Waals surface area contributed by atoms with E-state index in [9.17, 15) is 0 Å². The lowest BCUT2D eigenvalue weighted by atomic mass is 10.1. The SMILES string of the molecule is Cc1c[nH]nc1-c1cccc(Cl)c1. The molecular formula is C10H9ClN2. The van der Waals surface area contributed by atoms with E-state index in [1.165, 1.54) is 0 Å². The third-order valence-electron chi connectivity index (χ3n) is 1.93. The van der Waals surface area contributed by atoms with E-state index in [-0.39, 0.29) is 0 Å². The van der Waals surface area contributed by atoms with E-state index in [1.54, 1.807) is 0 Å². The average Bonchev–Trinajstić information content (AvgIpc) is 2.51. The Morgan fingerprint density at radius 2 is 2.23 bits per heavy atom. The van der Waals surface area contributed by atoms with Gasteiger partial charge < -0.3 is 0 Å². The Kier molecular flexibility index (Phi) is 2.07. The molecular weight excluding hydrogens is 184 g/mol. The number of H-pyrrole nitrogens is 1. The van der Waals surface area contributed by atoms with E-state index in [2.05, 4.69) is 10.2 Å². The van der Waals surface area contributed by atoms with E-state index in [0.29, 0.717) is 0 Å². The molecule has 2 rings (SSSR count). The summed E-state index contributed by atoms with van der Waals surface area (Å²) in [6, 6.07) is 7.68. The number of nitrogens with one attached hydrogen (secondary N) is 1. The van der Waals surface area contributed by atoms with Gasteiger partial charge in [0.05, 0.1) is 5.69 Å². The van der Waals surface area contributed by atoms with Gasteiger partial charge in [0.1, 0.15) is 0 Å². The van der Waals surface area contributed by atoms with Crippen LogP contribution in [0, 0.1) is 6.92 Å². The van der Waals surface area contributed by atoms with E-state index in [0.717, 1.165) is 21.8 Å². The van der Waals surface area contributed by atoms with Crippen molar-refractivity contribution in [2.45, 2.75) is 6.92 Å². The molecule has 0 saturated heterocycles. The molecule has 0 atom stereocenters. The molecule has 1 heterocycles. The predicted octanol–water partition coefficient (Wildman–Crippen LogP) is 3.04. The Bertz CT molecular complexity index is 420. The van der Waals surface area contributed by atoms with Gasteiger partial charge in [0, 0.05) is 16.8 Å². The van der Waals surface area contributed by atoms with Gasteiger partial charge in [-0.1, -0.05) is 23.7 Å². The van der Waals surface area contributed by atoms with Crippen molar-refractivity contribution in [1.29, 1.82) is 0 Å². The molecule has 1 aromatic carbocycles. The standard InChI is InChI=1S/C10H9ClN2/c1-7-6-12-13-10(7)8-3-2-4-9(11)5-8/h2-6H,1H3,(H,12,13). The second-order valence-corrected chi connectivity index (χ2v) is 3.36. The van der Waals surface area contributed by atoms with Crippen LogP contribution in [0.15, 0.2) is 30.5 Å². The molecule has 0 unspecified atom stereocenters. The quantitative estimate of drug-likeness (QED) is 0.739. The zero-order valence-corrected chi connectivity index (χ0v) is 7.97. The summed E-state index contributed by atoms with van der Waals surface area (Å²) < 4.78 is 0. The number of aromatic nitrogens is 2. The first kappa shape index (κ1) is 8.32. The van der Waals surface area contributed by atoms with E-state index in [1.807, 2.05) is 37.4 Å². The van der Waals surface area contributed by atoms with Gasteiger partial charge in [0.2, 0.25) is 0 Å². The number of rotatable bonds is 1. The molecule has 0 aliphatic heterocycles. The number of halogens is 1. The van der Waals surface area contributed by atoms with Gasteiger partial charge in [-0.15, -0.1) is 0 Å². The molecule has 0 amide bonds. The van der Waals surface area contributed by atoms with Crippen molar-refractivity contribution < 1.29 is 0 Å². The lowest BCUT2D eigenvalue weighted by molar-refractivity contribution is 1.10. The van der Waals surface area contributed by atoms with Crippen molar-refractivity contribution in [3.63, 3.8) is 0 Å². The molecule has 0 fully saturated rings. The highest BCUT2D eigenvalue weighted by molar-refractivity contribution is 6.30. The van der Waals surface area contributed by atoms with E-state index >= 15 is 0 Å². The van der Waals surface area contributed by atoms with Crippen molar-refractivity contribution in [1.82, 2.24) is 10.2 Å².